The predicted molar refractivity (Wildman–Crippen MR) is 75.2 cm³/mol. The Labute approximate surface area is 116 Å². The number of carbonyl (C=O) groups is 1. The zero-order valence-corrected chi connectivity index (χ0v) is 10.9. The Balaban J connectivity index is 2.02. The van der Waals surface area contributed by atoms with Crippen LogP contribution in [-0.4, -0.2) is 21.3 Å². The maximum absolute atomic E-state index is 11.1. The van der Waals surface area contributed by atoms with E-state index in [0.29, 0.717) is 12.0 Å². The van der Waals surface area contributed by atoms with E-state index in [-0.39, 0.29) is 17.1 Å². The molecule has 4 nitrogen and oxygen atoms in total. The molecule has 0 saturated heterocycles. The third-order valence-corrected chi connectivity index (χ3v) is 3.19. The van der Waals surface area contributed by atoms with Gasteiger partial charge in [-0.3, -0.25) is 0 Å². The van der Waals surface area contributed by atoms with Crippen molar-refractivity contribution < 1.29 is 20.1 Å². The highest BCUT2D eigenvalue weighted by molar-refractivity contribution is 5.92. The van der Waals surface area contributed by atoms with Crippen LogP contribution in [0.15, 0.2) is 42.5 Å². The van der Waals surface area contributed by atoms with E-state index >= 15 is 0 Å². The molecule has 0 fully saturated rings. The van der Waals surface area contributed by atoms with Crippen molar-refractivity contribution >= 4 is 5.97 Å². The minimum Gasteiger partial charge on any atom is -0.508 e. The Bertz CT molecular complexity index is 602. The van der Waals surface area contributed by atoms with Crippen LogP contribution < -0.4 is 0 Å². The van der Waals surface area contributed by atoms with Gasteiger partial charge in [-0.25, -0.2) is 4.79 Å². The normalized spacial score (nSPS) is 10.4. The maximum Gasteiger partial charge on any atom is 0.339 e. The number of hydrogen-bond acceptors (Lipinski definition) is 3. The van der Waals surface area contributed by atoms with Crippen molar-refractivity contribution in [3.8, 4) is 11.5 Å². The van der Waals surface area contributed by atoms with E-state index in [0.717, 1.165) is 18.4 Å². The van der Waals surface area contributed by atoms with Gasteiger partial charge in [-0.2, -0.15) is 0 Å². The lowest BCUT2D eigenvalue weighted by molar-refractivity contribution is 0.0692. The molecule has 104 valence electrons. The second kappa shape index (κ2) is 6.10. The van der Waals surface area contributed by atoms with Crippen LogP contribution in [0, 0.1) is 0 Å². The number of phenols is 2. The summed E-state index contributed by atoms with van der Waals surface area (Å²) in [6, 6.07) is 11.7. The molecule has 0 saturated carbocycles. The predicted octanol–water partition coefficient (Wildman–Crippen LogP) is 2.97. The van der Waals surface area contributed by atoms with Crippen molar-refractivity contribution in [3.05, 3.63) is 59.2 Å². The number of aryl methyl sites for hydroxylation is 2. The number of benzene rings is 2. The van der Waals surface area contributed by atoms with E-state index in [1.165, 1.54) is 6.07 Å². The average molecular weight is 272 g/mol. The fourth-order valence-electron chi connectivity index (χ4n) is 2.19. The molecule has 20 heavy (non-hydrogen) atoms. The van der Waals surface area contributed by atoms with Crippen LogP contribution >= 0.6 is 0 Å². The summed E-state index contributed by atoms with van der Waals surface area (Å²) in [6.07, 6.45) is 2.14. The smallest absolute Gasteiger partial charge is 0.339 e. The maximum atomic E-state index is 11.1. The summed E-state index contributed by atoms with van der Waals surface area (Å²) < 4.78 is 0. The van der Waals surface area contributed by atoms with Crippen molar-refractivity contribution in [1.29, 1.82) is 0 Å². The van der Waals surface area contributed by atoms with Gasteiger partial charge >= 0.3 is 5.97 Å². The van der Waals surface area contributed by atoms with E-state index in [9.17, 15) is 15.0 Å². The Kier molecular flexibility index (Phi) is 4.25. The number of carboxylic acids is 1. The first kappa shape index (κ1) is 13.9. The fraction of sp³-hybridized carbons (Fsp3) is 0.188. The number of rotatable bonds is 5. The van der Waals surface area contributed by atoms with Crippen molar-refractivity contribution in [2.24, 2.45) is 0 Å². The van der Waals surface area contributed by atoms with Gasteiger partial charge in [0, 0.05) is 0 Å². The molecule has 0 aliphatic heterocycles. The van der Waals surface area contributed by atoms with Crippen LogP contribution in [0.1, 0.15) is 27.9 Å². The average Bonchev–Trinajstić information content (AvgIpc) is 2.40. The largest absolute Gasteiger partial charge is 0.508 e. The Hall–Kier alpha value is -2.49. The second-order valence-corrected chi connectivity index (χ2v) is 4.64. The van der Waals surface area contributed by atoms with Crippen LogP contribution in [0.3, 0.4) is 0 Å². The van der Waals surface area contributed by atoms with Crippen molar-refractivity contribution in [3.63, 3.8) is 0 Å². The third-order valence-electron chi connectivity index (χ3n) is 3.19. The molecule has 3 N–H and O–H groups in total. The summed E-state index contributed by atoms with van der Waals surface area (Å²) >= 11 is 0. The van der Waals surface area contributed by atoms with E-state index in [1.54, 1.807) is 24.3 Å². The molecule has 2 rings (SSSR count). The monoisotopic (exact) mass is 272 g/mol. The number of carboxylic acid groups (broad SMARTS) is 1. The standard InChI is InChI=1S/C16H16O4/c17-13-9-7-11(8-10-13)3-1-4-12-5-2-6-14(18)15(12)16(19)20/h2,5-10,17-18H,1,3-4H2,(H,19,20). The van der Waals surface area contributed by atoms with Gasteiger partial charge in [-0.1, -0.05) is 24.3 Å². The minimum atomic E-state index is -1.11. The zero-order chi connectivity index (χ0) is 14.5. The Morgan fingerprint density at radius 3 is 2.30 bits per heavy atom. The second-order valence-electron chi connectivity index (χ2n) is 4.64. The van der Waals surface area contributed by atoms with Gasteiger partial charge in [-0.15, -0.1) is 0 Å². The number of hydrogen-bond donors (Lipinski definition) is 3. The van der Waals surface area contributed by atoms with Crippen LogP contribution in [0.5, 0.6) is 11.5 Å². The summed E-state index contributed by atoms with van der Waals surface area (Å²) in [7, 11) is 0. The molecule has 0 aliphatic carbocycles. The highest BCUT2D eigenvalue weighted by atomic mass is 16.4. The van der Waals surface area contributed by atoms with Gasteiger partial charge < -0.3 is 15.3 Å². The molecule has 4 heteroatoms. The number of aromatic carboxylic acids is 1. The van der Waals surface area contributed by atoms with Gasteiger partial charge in [0.05, 0.1) is 0 Å². The van der Waals surface area contributed by atoms with E-state index in [2.05, 4.69) is 0 Å². The fourth-order valence-corrected chi connectivity index (χ4v) is 2.19. The first-order valence-electron chi connectivity index (χ1n) is 6.40. The molecular weight excluding hydrogens is 256 g/mol. The first-order valence-corrected chi connectivity index (χ1v) is 6.40. The van der Waals surface area contributed by atoms with Crippen molar-refractivity contribution in [2.75, 3.05) is 0 Å². The SMILES string of the molecule is O=C(O)c1c(O)cccc1CCCc1ccc(O)cc1. The minimum absolute atomic E-state index is 0.0155. The molecule has 2 aromatic rings. The first-order chi connectivity index (χ1) is 9.58. The van der Waals surface area contributed by atoms with Gasteiger partial charge in [0.1, 0.15) is 17.1 Å². The van der Waals surface area contributed by atoms with E-state index < -0.39 is 5.97 Å². The van der Waals surface area contributed by atoms with Crippen LogP contribution in [-0.2, 0) is 12.8 Å². The molecule has 0 aliphatic rings. The molecular formula is C16H16O4. The quantitative estimate of drug-likeness (QED) is 0.782. The number of phenolic OH excluding ortho intramolecular Hbond substituents is 1. The molecule has 0 bridgehead atoms. The molecule has 0 heterocycles. The molecule has 0 radical (unpaired) electrons. The van der Waals surface area contributed by atoms with Crippen molar-refractivity contribution in [1.82, 2.24) is 0 Å². The van der Waals surface area contributed by atoms with Crippen LogP contribution in [0.25, 0.3) is 0 Å². The third kappa shape index (κ3) is 3.29. The highest BCUT2D eigenvalue weighted by Crippen LogP contribution is 2.22. The Morgan fingerprint density at radius 1 is 0.950 bits per heavy atom. The molecule has 0 aromatic heterocycles. The summed E-state index contributed by atoms with van der Waals surface area (Å²) in [5.41, 5.74) is 1.70. The lowest BCUT2D eigenvalue weighted by Gasteiger charge is -2.08. The highest BCUT2D eigenvalue weighted by Gasteiger charge is 2.14. The van der Waals surface area contributed by atoms with Gasteiger partial charge in [0.25, 0.3) is 0 Å². The lowest BCUT2D eigenvalue weighted by Crippen LogP contribution is -2.03. The van der Waals surface area contributed by atoms with E-state index in [1.807, 2.05) is 12.1 Å². The summed E-state index contributed by atoms with van der Waals surface area (Å²) in [5.74, 6) is -1.07. The summed E-state index contributed by atoms with van der Waals surface area (Å²) in [5, 5.41) is 27.9. The Morgan fingerprint density at radius 2 is 1.65 bits per heavy atom. The molecule has 0 unspecified atom stereocenters. The van der Waals surface area contributed by atoms with Crippen LogP contribution in [0.4, 0.5) is 0 Å². The lowest BCUT2D eigenvalue weighted by atomic mass is 9.99. The molecule has 0 amide bonds. The van der Waals surface area contributed by atoms with Gasteiger partial charge in [0.15, 0.2) is 0 Å². The molecule has 0 atom stereocenters. The topological polar surface area (TPSA) is 77.8 Å². The number of aromatic hydroxyl groups is 2. The zero-order valence-electron chi connectivity index (χ0n) is 10.9. The molecule has 0 spiro atoms. The van der Waals surface area contributed by atoms with Crippen LogP contribution in [0.2, 0.25) is 0 Å². The van der Waals surface area contributed by atoms with E-state index in [4.69, 9.17) is 5.11 Å². The van der Waals surface area contributed by atoms with Gasteiger partial charge in [0.2, 0.25) is 0 Å². The van der Waals surface area contributed by atoms with Crippen molar-refractivity contribution in [2.45, 2.75) is 19.3 Å². The summed E-state index contributed by atoms with van der Waals surface area (Å²) in [6.45, 7) is 0. The molecule has 2 aromatic carbocycles. The van der Waals surface area contributed by atoms with Gasteiger partial charge in [-0.05, 0) is 48.6 Å². The summed E-state index contributed by atoms with van der Waals surface area (Å²) in [4.78, 5) is 11.1.